The van der Waals surface area contributed by atoms with Crippen LogP contribution < -0.4 is 10.9 Å². The highest BCUT2D eigenvalue weighted by atomic mass is 19.1. The number of hydrogen-bond donors (Lipinski definition) is 3. The molecule has 1 aliphatic carbocycles. The molecule has 25 heavy (non-hydrogen) atoms. The number of hydrazine groups is 1. The summed E-state index contributed by atoms with van der Waals surface area (Å²) in [7, 11) is 0. The fraction of sp³-hybridized carbons (Fsp3) is 0.158. The van der Waals surface area contributed by atoms with E-state index in [4.69, 9.17) is 0 Å². The van der Waals surface area contributed by atoms with Crippen molar-refractivity contribution in [2.75, 3.05) is 0 Å². The van der Waals surface area contributed by atoms with Gasteiger partial charge in [0.05, 0.1) is 5.56 Å². The second-order valence-electron chi connectivity index (χ2n) is 6.19. The first-order valence-electron chi connectivity index (χ1n) is 8.05. The molecule has 0 radical (unpaired) electrons. The van der Waals surface area contributed by atoms with Gasteiger partial charge in [0.15, 0.2) is 0 Å². The first-order chi connectivity index (χ1) is 12.1. The fourth-order valence-corrected chi connectivity index (χ4v) is 3.10. The van der Waals surface area contributed by atoms with Gasteiger partial charge in [-0.1, -0.05) is 30.3 Å². The predicted octanol–water partition coefficient (Wildman–Crippen LogP) is 2.87. The van der Waals surface area contributed by atoms with Gasteiger partial charge in [0.25, 0.3) is 5.91 Å². The van der Waals surface area contributed by atoms with Crippen molar-refractivity contribution in [3.63, 3.8) is 0 Å². The van der Waals surface area contributed by atoms with Crippen LogP contribution in [0.25, 0.3) is 10.9 Å². The molecule has 2 unspecified atom stereocenters. The highest BCUT2D eigenvalue weighted by molar-refractivity contribution is 6.07. The van der Waals surface area contributed by atoms with Crippen LogP contribution in [0, 0.1) is 11.7 Å². The average Bonchev–Trinajstić information content (AvgIpc) is 3.31. The summed E-state index contributed by atoms with van der Waals surface area (Å²) in [6.45, 7) is 0. The quantitative estimate of drug-likeness (QED) is 0.643. The Kier molecular flexibility index (Phi) is 3.72. The molecule has 0 spiro atoms. The van der Waals surface area contributed by atoms with Crippen LogP contribution in [0.4, 0.5) is 4.39 Å². The van der Waals surface area contributed by atoms with E-state index in [0.717, 1.165) is 16.5 Å². The van der Waals surface area contributed by atoms with Gasteiger partial charge in [-0.3, -0.25) is 20.4 Å². The number of fused-ring (bicyclic) bond motifs is 1. The predicted molar refractivity (Wildman–Crippen MR) is 91.2 cm³/mol. The van der Waals surface area contributed by atoms with Crippen molar-refractivity contribution < 1.29 is 14.0 Å². The van der Waals surface area contributed by atoms with Crippen molar-refractivity contribution in [3.8, 4) is 0 Å². The number of para-hydroxylation sites is 1. The summed E-state index contributed by atoms with van der Waals surface area (Å²) in [5.74, 6) is -1.02. The lowest BCUT2D eigenvalue weighted by atomic mass is 10.1. The lowest BCUT2D eigenvalue weighted by Gasteiger charge is -2.07. The van der Waals surface area contributed by atoms with Crippen LogP contribution in [0.2, 0.25) is 0 Å². The molecule has 0 aliphatic heterocycles. The summed E-state index contributed by atoms with van der Waals surface area (Å²) >= 11 is 0. The molecule has 1 saturated carbocycles. The standard InChI is InChI=1S/C19H16FN3O2/c20-12-7-5-11(6-8-12)14-9-15(14)18(24)22-23-19(25)16-10-21-17-4-2-1-3-13(16)17/h1-8,10,14-15,21H,9H2,(H,22,24)(H,23,25). The minimum Gasteiger partial charge on any atom is -0.360 e. The molecular formula is C19H16FN3O2. The summed E-state index contributed by atoms with van der Waals surface area (Å²) in [5.41, 5.74) is 7.21. The zero-order valence-corrected chi connectivity index (χ0v) is 13.3. The smallest absolute Gasteiger partial charge is 0.271 e. The van der Waals surface area contributed by atoms with Crippen LogP contribution in [0.3, 0.4) is 0 Å². The number of aromatic amines is 1. The number of amides is 2. The minimum absolute atomic E-state index is 0.0746. The molecule has 2 atom stereocenters. The van der Waals surface area contributed by atoms with Crippen LogP contribution in [-0.4, -0.2) is 16.8 Å². The van der Waals surface area contributed by atoms with E-state index in [1.165, 1.54) is 12.1 Å². The average molecular weight is 337 g/mol. The molecule has 1 heterocycles. The normalized spacial score (nSPS) is 18.8. The van der Waals surface area contributed by atoms with Gasteiger partial charge in [-0.15, -0.1) is 0 Å². The van der Waals surface area contributed by atoms with Gasteiger partial charge in [-0.2, -0.15) is 0 Å². The topological polar surface area (TPSA) is 74.0 Å². The Hall–Kier alpha value is -3.15. The zero-order chi connectivity index (χ0) is 17.4. The molecule has 2 amide bonds. The van der Waals surface area contributed by atoms with Gasteiger partial charge in [-0.25, -0.2) is 4.39 Å². The maximum Gasteiger partial charge on any atom is 0.271 e. The van der Waals surface area contributed by atoms with Gasteiger partial charge in [0.1, 0.15) is 5.82 Å². The molecule has 4 rings (SSSR count). The maximum absolute atomic E-state index is 13.0. The van der Waals surface area contributed by atoms with Gasteiger partial charge < -0.3 is 4.98 Å². The molecule has 1 aromatic heterocycles. The van der Waals surface area contributed by atoms with E-state index in [2.05, 4.69) is 15.8 Å². The molecule has 0 saturated heterocycles. The Bertz CT molecular complexity index is 949. The molecule has 3 aromatic rings. The van der Waals surface area contributed by atoms with Crippen LogP contribution in [0.15, 0.2) is 54.7 Å². The minimum atomic E-state index is -0.371. The largest absolute Gasteiger partial charge is 0.360 e. The molecule has 2 aromatic carbocycles. The van der Waals surface area contributed by atoms with E-state index >= 15 is 0 Å². The highest BCUT2D eigenvalue weighted by Crippen LogP contribution is 2.47. The third-order valence-electron chi connectivity index (χ3n) is 4.56. The number of halogens is 1. The summed E-state index contributed by atoms with van der Waals surface area (Å²) in [6.07, 6.45) is 2.31. The van der Waals surface area contributed by atoms with Crippen molar-refractivity contribution in [1.29, 1.82) is 0 Å². The number of H-pyrrole nitrogens is 1. The number of rotatable bonds is 3. The van der Waals surface area contributed by atoms with E-state index in [-0.39, 0.29) is 29.5 Å². The molecule has 5 nitrogen and oxygen atoms in total. The SMILES string of the molecule is O=C(NNC(=O)C1CC1c1ccc(F)cc1)c1c[nH]c2ccccc12. The first-order valence-corrected chi connectivity index (χ1v) is 8.05. The number of carbonyl (C=O) groups is 2. The van der Waals surface area contributed by atoms with E-state index in [1.807, 2.05) is 24.3 Å². The van der Waals surface area contributed by atoms with Crippen molar-refractivity contribution in [2.24, 2.45) is 5.92 Å². The Morgan fingerprint density at radius 3 is 2.60 bits per heavy atom. The van der Waals surface area contributed by atoms with E-state index in [1.54, 1.807) is 18.3 Å². The summed E-state index contributed by atoms with van der Waals surface area (Å²) in [5, 5.41) is 0.796. The first kappa shape index (κ1) is 15.4. The van der Waals surface area contributed by atoms with Crippen LogP contribution in [0.5, 0.6) is 0 Å². The Balaban J connectivity index is 1.36. The zero-order valence-electron chi connectivity index (χ0n) is 13.3. The summed E-state index contributed by atoms with van der Waals surface area (Å²) < 4.78 is 13.0. The van der Waals surface area contributed by atoms with E-state index < -0.39 is 0 Å². The van der Waals surface area contributed by atoms with Gasteiger partial charge in [0, 0.05) is 23.0 Å². The molecule has 1 fully saturated rings. The Morgan fingerprint density at radius 2 is 1.80 bits per heavy atom. The molecule has 3 N–H and O–H groups in total. The fourth-order valence-electron chi connectivity index (χ4n) is 3.10. The third-order valence-corrected chi connectivity index (χ3v) is 4.56. The lowest BCUT2D eigenvalue weighted by molar-refractivity contribution is -0.123. The van der Waals surface area contributed by atoms with Crippen molar-refractivity contribution in [2.45, 2.75) is 12.3 Å². The number of benzene rings is 2. The van der Waals surface area contributed by atoms with Crippen molar-refractivity contribution >= 4 is 22.7 Å². The molecule has 6 heteroatoms. The second kappa shape index (κ2) is 6.05. The Labute approximate surface area is 143 Å². The monoisotopic (exact) mass is 337 g/mol. The van der Waals surface area contributed by atoms with Gasteiger partial charge in [-0.05, 0) is 36.1 Å². The lowest BCUT2D eigenvalue weighted by Crippen LogP contribution is -2.42. The number of aromatic nitrogens is 1. The van der Waals surface area contributed by atoms with Crippen molar-refractivity contribution in [3.05, 3.63) is 71.7 Å². The van der Waals surface area contributed by atoms with Gasteiger partial charge in [0.2, 0.25) is 5.91 Å². The summed E-state index contributed by atoms with van der Waals surface area (Å²) in [4.78, 5) is 27.5. The Morgan fingerprint density at radius 1 is 1.04 bits per heavy atom. The van der Waals surface area contributed by atoms with Gasteiger partial charge >= 0.3 is 0 Å². The van der Waals surface area contributed by atoms with Crippen LogP contribution in [0.1, 0.15) is 28.3 Å². The highest BCUT2D eigenvalue weighted by Gasteiger charge is 2.44. The molecule has 126 valence electrons. The van der Waals surface area contributed by atoms with E-state index in [9.17, 15) is 14.0 Å². The summed E-state index contributed by atoms with van der Waals surface area (Å²) in [6, 6.07) is 13.6. The number of hydrogen-bond acceptors (Lipinski definition) is 2. The van der Waals surface area contributed by atoms with E-state index in [0.29, 0.717) is 12.0 Å². The molecule has 1 aliphatic rings. The second-order valence-corrected chi connectivity index (χ2v) is 6.19. The van der Waals surface area contributed by atoms with Crippen molar-refractivity contribution in [1.82, 2.24) is 15.8 Å². The maximum atomic E-state index is 13.0. The van der Waals surface area contributed by atoms with Crippen LogP contribution >= 0.6 is 0 Å². The number of carbonyl (C=O) groups excluding carboxylic acids is 2. The number of nitrogens with one attached hydrogen (secondary N) is 3. The van der Waals surface area contributed by atoms with Crippen LogP contribution in [-0.2, 0) is 4.79 Å². The molecule has 0 bridgehead atoms. The molecular weight excluding hydrogens is 321 g/mol. The third kappa shape index (κ3) is 2.98.